The molecule has 1 saturated carbocycles. The molecule has 1 aliphatic heterocycles. The molecule has 0 aromatic carbocycles. The lowest BCUT2D eigenvalue weighted by molar-refractivity contribution is -0.147. The first-order valence-electron chi connectivity index (χ1n) is 7.89. The highest BCUT2D eigenvalue weighted by atomic mass is 16.5. The van der Waals surface area contributed by atoms with Crippen molar-refractivity contribution >= 4 is 11.9 Å². The molecular formula is C16H20N2O5. The van der Waals surface area contributed by atoms with E-state index in [1.54, 1.807) is 12.1 Å². The molecule has 1 saturated heterocycles. The zero-order valence-corrected chi connectivity index (χ0v) is 12.8. The number of aliphatic carboxylic acids is 1. The van der Waals surface area contributed by atoms with Gasteiger partial charge in [-0.25, -0.2) is 9.78 Å². The Labute approximate surface area is 134 Å². The first kappa shape index (κ1) is 15.7. The Morgan fingerprint density at radius 2 is 2.09 bits per heavy atom. The fourth-order valence-corrected chi connectivity index (χ4v) is 2.97. The number of ether oxygens (including phenoxy) is 2. The molecule has 3 rings (SSSR count). The maximum absolute atomic E-state index is 12.5. The summed E-state index contributed by atoms with van der Waals surface area (Å²) < 4.78 is 10.9. The molecule has 7 heteroatoms. The lowest BCUT2D eigenvalue weighted by Gasteiger charge is -2.32. The van der Waals surface area contributed by atoms with E-state index in [1.807, 2.05) is 0 Å². The molecule has 0 radical (unpaired) electrons. The van der Waals surface area contributed by atoms with Crippen LogP contribution in [0.2, 0.25) is 0 Å². The topological polar surface area (TPSA) is 89.0 Å². The van der Waals surface area contributed by atoms with Crippen LogP contribution in [0, 0.1) is 0 Å². The number of aromatic nitrogens is 1. The van der Waals surface area contributed by atoms with Gasteiger partial charge >= 0.3 is 5.97 Å². The summed E-state index contributed by atoms with van der Waals surface area (Å²) in [5, 5.41) is 9.20. The van der Waals surface area contributed by atoms with Crippen molar-refractivity contribution in [2.45, 2.75) is 37.8 Å². The van der Waals surface area contributed by atoms with Crippen LogP contribution in [0.3, 0.4) is 0 Å². The van der Waals surface area contributed by atoms with Crippen LogP contribution in [0.4, 0.5) is 0 Å². The standard InChI is InChI=1S/C16H20N2O5/c19-15(18-7-8-22-10-13(18)16(20)21)11-5-6-14(17-9-11)23-12-3-1-2-4-12/h5-6,9,12-13H,1-4,7-8,10H2,(H,20,21). The minimum atomic E-state index is -1.06. The van der Waals surface area contributed by atoms with Crippen molar-refractivity contribution in [2.75, 3.05) is 19.8 Å². The van der Waals surface area contributed by atoms with Gasteiger partial charge in [0.1, 0.15) is 6.10 Å². The van der Waals surface area contributed by atoms with Crippen molar-refractivity contribution in [1.82, 2.24) is 9.88 Å². The van der Waals surface area contributed by atoms with Gasteiger partial charge in [0, 0.05) is 18.8 Å². The summed E-state index contributed by atoms with van der Waals surface area (Å²) in [5.74, 6) is -0.905. The number of rotatable bonds is 4. The van der Waals surface area contributed by atoms with Gasteiger partial charge < -0.3 is 19.5 Å². The minimum absolute atomic E-state index is 0.0113. The smallest absolute Gasteiger partial charge is 0.328 e. The highest BCUT2D eigenvalue weighted by Crippen LogP contribution is 2.23. The fraction of sp³-hybridized carbons (Fsp3) is 0.562. The van der Waals surface area contributed by atoms with Gasteiger partial charge in [0.25, 0.3) is 5.91 Å². The Hall–Kier alpha value is -2.15. The number of carboxylic acids is 1. The number of hydrogen-bond acceptors (Lipinski definition) is 5. The SMILES string of the molecule is O=C(O)C1COCCN1C(=O)c1ccc(OC2CCCC2)nc1. The van der Waals surface area contributed by atoms with E-state index in [-0.39, 0.29) is 25.2 Å². The number of carboxylic acid groups (broad SMARTS) is 1. The van der Waals surface area contributed by atoms with E-state index >= 15 is 0 Å². The van der Waals surface area contributed by atoms with E-state index in [0.29, 0.717) is 18.1 Å². The number of hydrogen-bond donors (Lipinski definition) is 1. The van der Waals surface area contributed by atoms with E-state index in [2.05, 4.69) is 4.98 Å². The summed E-state index contributed by atoms with van der Waals surface area (Å²) in [7, 11) is 0. The van der Waals surface area contributed by atoms with E-state index < -0.39 is 12.0 Å². The number of nitrogens with zero attached hydrogens (tertiary/aromatic N) is 2. The minimum Gasteiger partial charge on any atom is -0.480 e. The van der Waals surface area contributed by atoms with Crippen LogP contribution < -0.4 is 4.74 Å². The first-order valence-corrected chi connectivity index (χ1v) is 7.89. The third kappa shape index (κ3) is 3.61. The monoisotopic (exact) mass is 320 g/mol. The molecule has 1 atom stereocenters. The molecule has 0 bridgehead atoms. The number of carbonyl (C=O) groups is 2. The van der Waals surface area contributed by atoms with Gasteiger partial charge in [-0.3, -0.25) is 4.79 Å². The average molecular weight is 320 g/mol. The van der Waals surface area contributed by atoms with Crippen LogP contribution in [0.5, 0.6) is 5.88 Å². The molecule has 7 nitrogen and oxygen atoms in total. The van der Waals surface area contributed by atoms with Crippen molar-refractivity contribution < 1.29 is 24.2 Å². The third-order valence-electron chi connectivity index (χ3n) is 4.25. The average Bonchev–Trinajstić information content (AvgIpc) is 3.08. The van der Waals surface area contributed by atoms with Gasteiger partial charge in [0.2, 0.25) is 5.88 Å². The van der Waals surface area contributed by atoms with Gasteiger partial charge in [-0.05, 0) is 31.7 Å². The van der Waals surface area contributed by atoms with E-state index in [1.165, 1.54) is 23.9 Å². The molecule has 1 amide bonds. The van der Waals surface area contributed by atoms with Gasteiger partial charge in [-0.1, -0.05) is 0 Å². The Morgan fingerprint density at radius 3 is 2.74 bits per heavy atom. The normalized spacial score (nSPS) is 22.1. The fourth-order valence-electron chi connectivity index (χ4n) is 2.97. The molecule has 1 aliphatic carbocycles. The van der Waals surface area contributed by atoms with Crippen LogP contribution in [-0.2, 0) is 9.53 Å². The number of carbonyl (C=O) groups excluding carboxylic acids is 1. The number of pyridine rings is 1. The lowest BCUT2D eigenvalue weighted by atomic mass is 10.1. The molecule has 2 fully saturated rings. The molecule has 2 aliphatic rings. The van der Waals surface area contributed by atoms with Crippen LogP contribution in [0.25, 0.3) is 0 Å². The quantitative estimate of drug-likeness (QED) is 0.900. The van der Waals surface area contributed by atoms with E-state index in [9.17, 15) is 14.7 Å². The molecule has 23 heavy (non-hydrogen) atoms. The van der Waals surface area contributed by atoms with Crippen molar-refractivity contribution in [2.24, 2.45) is 0 Å². The van der Waals surface area contributed by atoms with Crippen molar-refractivity contribution in [1.29, 1.82) is 0 Å². The zero-order valence-electron chi connectivity index (χ0n) is 12.8. The maximum atomic E-state index is 12.5. The summed E-state index contributed by atoms with van der Waals surface area (Å²) in [6, 6.07) is 2.35. The van der Waals surface area contributed by atoms with Gasteiger partial charge in [-0.2, -0.15) is 0 Å². The second kappa shape index (κ2) is 6.95. The summed E-state index contributed by atoms with van der Waals surface area (Å²) in [6.45, 7) is 0.610. The van der Waals surface area contributed by atoms with Gasteiger partial charge in [-0.15, -0.1) is 0 Å². The molecule has 1 unspecified atom stereocenters. The molecule has 1 N–H and O–H groups in total. The predicted octanol–water partition coefficient (Wildman–Crippen LogP) is 1.33. The third-order valence-corrected chi connectivity index (χ3v) is 4.25. The highest BCUT2D eigenvalue weighted by molar-refractivity contribution is 5.96. The number of amides is 1. The second-order valence-corrected chi connectivity index (χ2v) is 5.84. The Kier molecular flexibility index (Phi) is 4.76. The second-order valence-electron chi connectivity index (χ2n) is 5.84. The molecule has 0 spiro atoms. The molecule has 1 aromatic heterocycles. The van der Waals surface area contributed by atoms with Gasteiger partial charge in [0.05, 0.1) is 18.8 Å². The van der Waals surface area contributed by atoms with Crippen molar-refractivity contribution in [3.8, 4) is 5.88 Å². The predicted molar refractivity (Wildman–Crippen MR) is 80.4 cm³/mol. The number of morpholine rings is 1. The van der Waals surface area contributed by atoms with E-state index in [4.69, 9.17) is 9.47 Å². The Morgan fingerprint density at radius 1 is 1.30 bits per heavy atom. The van der Waals surface area contributed by atoms with E-state index in [0.717, 1.165) is 12.8 Å². The lowest BCUT2D eigenvalue weighted by Crippen LogP contribution is -2.52. The Balaban J connectivity index is 1.67. The zero-order chi connectivity index (χ0) is 16.2. The molecule has 2 heterocycles. The van der Waals surface area contributed by atoms with Crippen LogP contribution in [0.15, 0.2) is 18.3 Å². The largest absolute Gasteiger partial charge is 0.480 e. The highest BCUT2D eigenvalue weighted by Gasteiger charge is 2.33. The molecule has 1 aromatic rings. The van der Waals surface area contributed by atoms with Crippen LogP contribution in [-0.4, -0.2) is 58.8 Å². The molecular weight excluding hydrogens is 300 g/mol. The van der Waals surface area contributed by atoms with Crippen molar-refractivity contribution in [3.63, 3.8) is 0 Å². The van der Waals surface area contributed by atoms with Crippen LogP contribution in [0.1, 0.15) is 36.0 Å². The van der Waals surface area contributed by atoms with Gasteiger partial charge in [0.15, 0.2) is 6.04 Å². The summed E-state index contributed by atoms with van der Waals surface area (Å²) in [6.07, 6.45) is 6.08. The summed E-state index contributed by atoms with van der Waals surface area (Å²) in [4.78, 5) is 29.2. The Bertz CT molecular complexity index is 568. The summed E-state index contributed by atoms with van der Waals surface area (Å²) >= 11 is 0. The van der Waals surface area contributed by atoms with Crippen molar-refractivity contribution in [3.05, 3.63) is 23.9 Å². The molecule has 124 valence electrons. The van der Waals surface area contributed by atoms with Crippen LogP contribution >= 0.6 is 0 Å². The summed E-state index contributed by atoms with van der Waals surface area (Å²) in [5.41, 5.74) is 0.358. The first-order chi connectivity index (χ1) is 11.1. The maximum Gasteiger partial charge on any atom is 0.328 e.